The van der Waals surface area contributed by atoms with Crippen LogP contribution in [0.2, 0.25) is 0 Å². The molecule has 0 unspecified atom stereocenters. The van der Waals surface area contributed by atoms with E-state index >= 15 is 0 Å². The predicted octanol–water partition coefficient (Wildman–Crippen LogP) is 3.88. The van der Waals surface area contributed by atoms with Crippen LogP contribution in [0.1, 0.15) is 24.8 Å². The largest absolute Gasteiger partial charge is 0.482 e. The molecule has 2 amide bonds. The Kier molecular flexibility index (Phi) is 10.7. The van der Waals surface area contributed by atoms with E-state index in [1.807, 2.05) is 0 Å². The molecule has 1 N–H and O–H groups in total. The standard InChI is InChI=1S/C28H29F3N2O7/c1-3-13-38-24(35)15-22(23(34)16-39-26-17(2)20(29)14-21(30)25(26)31)32-27(36)18-9-11-33(12-10-18)28(37)40-19-7-5-4-6-8-19/h3-8,14,18,22H,1,9-13,15-16H2,2H3,(H,32,36)/t22-/m0/s1. The van der Waals surface area contributed by atoms with Gasteiger partial charge in [0.2, 0.25) is 11.7 Å². The summed E-state index contributed by atoms with van der Waals surface area (Å²) in [6, 6.07) is 7.44. The van der Waals surface area contributed by atoms with Crippen molar-refractivity contribution in [3.63, 3.8) is 0 Å². The molecule has 1 saturated heterocycles. The predicted molar refractivity (Wildman–Crippen MR) is 136 cm³/mol. The zero-order valence-corrected chi connectivity index (χ0v) is 21.8. The average Bonchev–Trinajstić information content (AvgIpc) is 2.95. The third-order valence-electron chi connectivity index (χ3n) is 6.23. The van der Waals surface area contributed by atoms with Gasteiger partial charge in [0.1, 0.15) is 30.8 Å². The van der Waals surface area contributed by atoms with Crippen molar-refractivity contribution < 1.29 is 46.6 Å². The Balaban J connectivity index is 1.61. The third-order valence-corrected chi connectivity index (χ3v) is 6.23. The van der Waals surface area contributed by atoms with Gasteiger partial charge in [0, 0.05) is 30.6 Å². The minimum absolute atomic E-state index is 0.130. The summed E-state index contributed by atoms with van der Waals surface area (Å²) < 4.78 is 56.9. The molecule has 214 valence electrons. The van der Waals surface area contributed by atoms with Gasteiger partial charge in [-0.15, -0.1) is 0 Å². The topological polar surface area (TPSA) is 111 Å². The first-order chi connectivity index (χ1) is 19.1. The lowest BCUT2D eigenvalue weighted by molar-refractivity contribution is -0.145. The molecule has 1 aliphatic heterocycles. The molecule has 0 saturated carbocycles. The minimum Gasteiger partial charge on any atom is -0.482 e. The quantitative estimate of drug-likeness (QED) is 0.251. The van der Waals surface area contributed by atoms with Crippen molar-refractivity contribution in [3.8, 4) is 11.5 Å². The highest BCUT2D eigenvalue weighted by molar-refractivity contribution is 5.93. The number of ether oxygens (including phenoxy) is 3. The lowest BCUT2D eigenvalue weighted by Gasteiger charge is -2.31. The molecule has 2 aromatic carbocycles. The summed E-state index contributed by atoms with van der Waals surface area (Å²) in [6.45, 7) is 3.99. The van der Waals surface area contributed by atoms with Crippen LogP contribution in [0.4, 0.5) is 18.0 Å². The Labute approximate surface area is 228 Å². The van der Waals surface area contributed by atoms with Gasteiger partial charge in [-0.1, -0.05) is 30.9 Å². The number of carbonyl (C=O) groups excluding carboxylic acids is 4. The van der Waals surface area contributed by atoms with E-state index in [1.54, 1.807) is 30.3 Å². The van der Waals surface area contributed by atoms with Gasteiger partial charge in [-0.05, 0) is 31.9 Å². The smallest absolute Gasteiger partial charge is 0.415 e. The summed E-state index contributed by atoms with van der Waals surface area (Å²) >= 11 is 0. The van der Waals surface area contributed by atoms with Crippen molar-refractivity contribution in [1.82, 2.24) is 10.2 Å². The normalized spacial score (nSPS) is 14.2. The number of halogens is 3. The van der Waals surface area contributed by atoms with Gasteiger partial charge in [-0.25, -0.2) is 13.6 Å². The molecule has 0 spiro atoms. The van der Waals surface area contributed by atoms with Gasteiger partial charge in [0.15, 0.2) is 17.3 Å². The minimum atomic E-state index is -1.50. The van der Waals surface area contributed by atoms with Gasteiger partial charge < -0.3 is 24.4 Å². The summed E-state index contributed by atoms with van der Waals surface area (Å²) in [5.41, 5.74) is -0.352. The van der Waals surface area contributed by atoms with E-state index in [9.17, 15) is 32.3 Å². The molecule has 2 aromatic rings. The zero-order chi connectivity index (χ0) is 29.2. The van der Waals surface area contributed by atoms with Crippen LogP contribution < -0.4 is 14.8 Å². The number of nitrogens with one attached hydrogen (secondary N) is 1. The van der Waals surface area contributed by atoms with Crippen molar-refractivity contribution in [2.75, 3.05) is 26.3 Å². The summed E-state index contributed by atoms with van der Waals surface area (Å²) in [7, 11) is 0. The van der Waals surface area contributed by atoms with Gasteiger partial charge >= 0.3 is 12.1 Å². The number of para-hydroxylation sites is 1. The lowest BCUT2D eigenvalue weighted by atomic mass is 9.95. The number of Topliss-reactive ketones (excluding diaryl/α,β-unsaturated/α-hetero) is 1. The maximum absolute atomic E-state index is 14.1. The molecular weight excluding hydrogens is 533 g/mol. The maximum Gasteiger partial charge on any atom is 0.415 e. The van der Waals surface area contributed by atoms with Crippen molar-refractivity contribution in [2.45, 2.75) is 32.2 Å². The number of esters is 1. The monoisotopic (exact) mass is 562 g/mol. The second-order valence-corrected chi connectivity index (χ2v) is 9.04. The second-order valence-electron chi connectivity index (χ2n) is 9.04. The fourth-order valence-corrected chi connectivity index (χ4v) is 3.97. The fourth-order valence-electron chi connectivity index (χ4n) is 3.97. The second kappa shape index (κ2) is 14.2. The average molecular weight is 563 g/mol. The number of likely N-dealkylation sites (tertiary alicyclic amines) is 1. The Morgan fingerprint density at radius 3 is 2.42 bits per heavy atom. The summed E-state index contributed by atoms with van der Waals surface area (Å²) in [5, 5.41) is 2.49. The van der Waals surface area contributed by atoms with E-state index in [4.69, 9.17) is 14.2 Å². The summed E-state index contributed by atoms with van der Waals surface area (Å²) in [4.78, 5) is 51.9. The van der Waals surface area contributed by atoms with Crippen LogP contribution in [0, 0.1) is 30.3 Å². The molecule has 9 nitrogen and oxygen atoms in total. The lowest BCUT2D eigenvalue weighted by Crippen LogP contribution is -2.49. The number of ketones is 1. The Morgan fingerprint density at radius 2 is 1.77 bits per heavy atom. The molecule has 0 aliphatic carbocycles. The SMILES string of the molecule is C=CCOC(=O)C[C@H](NC(=O)C1CCN(C(=O)Oc2ccccc2)CC1)C(=O)COc1c(C)c(F)cc(F)c1F. The molecular formula is C28H29F3N2O7. The number of amides is 2. The molecule has 0 bridgehead atoms. The van der Waals surface area contributed by atoms with Gasteiger partial charge in [0.25, 0.3) is 0 Å². The van der Waals surface area contributed by atoms with E-state index in [1.165, 1.54) is 11.0 Å². The molecule has 1 aliphatic rings. The van der Waals surface area contributed by atoms with E-state index in [0.717, 1.165) is 6.92 Å². The Bertz CT molecular complexity index is 1220. The zero-order valence-electron chi connectivity index (χ0n) is 21.8. The van der Waals surface area contributed by atoms with Crippen molar-refractivity contribution in [1.29, 1.82) is 0 Å². The molecule has 0 aromatic heterocycles. The van der Waals surface area contributed by atoms with Crippen LogP contribution in [0.25, 0.3) is 0 Å². The highest BCUT2D eigenvalue weighted by Crippen LogP contribution is 2.27. The van der Waals surface area contributed by atoms with Gasteiger partial charge in [0.05, 0.1) is 6.42 Å². The number of hydrogen-bond donors (Lipinski definition) is 1. The number of carbonyl (C=O) groups is 4. The van der Waals surface area contributed by atoms with Crippen LogP contribution in [-0.2, 0) is 19.1 Å². The summed E-state index contributed by atoms with van der Waals surface area (Å²) in [5.74, 6) is -7.26. The molecule has 1 fully saturated rings. The third kappa shape index (κ3) is 8.08. The molecule has 1 heterocycles. The molecule has 0 radical (unpaired) electrons. The first-order valence-electron chi connectivity index (χ1n) is 12.5. The van der Waals surface area contributed by atoms with Crippen LogP contribution in [0.15, 0.2) is 49.1 Å². The number of hydrogen-bond acceptors (Lipinski definition) is 7. The van der Waals surface area contributed by atoms with Crippen molar-refractivity contribution >= 4 is 23.8 Å². The number of piperidine rings is 1. The number of benzene rings is 2. The Hall–Kier alpha value is -4.35. The van der Waals surface area contributed by atoms with E-state index < -0.39 is 71.9 Å². The number of rotatable bonds is 11. The van der Waals surface area contributed by atoms with Crippen molar-refractivity contribution in [2.24, 2.45) is 5.92 Å². The molecule has 12 heteroatoms. The fraction of sp³-hybridized carbons (Fsp3) is 0.357. The molecule has 1 atom stereocenters. The van der Waals surface area contributed by atoms with Crippen LogP contribution >= 0.6 is 0 Å². The van der Waals surface area contributed by atoms with Gasteiger partial charge in [-0.3, -0.25) is 14.4 Å². The maximum atomic E-state index is 14.1. The highest BCUT2D eigenvalue weighted by atomic mass is 19.2. The number of nitrogens with zero attached hydrogens (tertiary/aromatic N) is 1. The summed E-state index contributed by atoms with van der Waals surface area (Å²) in [6.07, 6.45) is 0.721. The van der Waals surface area contributed by atoms with Crippen molar-refractivity contribution in [3.05, 3.63) is 72.1 Å². The van der Waals surface area contributed by atoms with Crippen LogP contribution in [0.5, 0.6) is 11.5 Å². The first-order valence-corrected chi connectivity index (χ1v) is 12.5. The van der Waals surface area contributed by atoms with Crippen LogP contribution in [0.3, 0.4) is 0 Å². The molecule has 40 heavy (non-hydrogen) atoms. The van der Waals surface area contributed by atoms with E-state index in [-0.39, 0.29) is 38.1 Å². The highest BCUT2D eigenvalue weighted by Gasteiger charge is 2.32. The molecule has 3 rings (SSSR count). The van der Waals surface area contributed by atoms with E-state index in [2.05, 4.69) is 11.9 Å². The Morgan fingerprint density at radius 1 is 1.10 bits per heavy atom. The first kappa shape index (κ1) is 30.2. The van der Waals surface area contributed by atoms with Crippen LogP contribution in [-0.4, -0.2) is 61.0 Å². The van der Waals surface area contributed by atoms with Gasteiger partial charge in [-0.2, -0.15) is 4.39 Å². The van der Waals surface area contributed by atoms with E-state index in [0.29, 0.717) is 11.8 Å².